The van der Waals surface area contributed by atoms with Gasteiger partial charge < -0.3 is 10.1 Å². The Kier molecular flexibility index (Phi) is 4.71. The second kappa shape index (κ2) is 6.69. The topological polar surface area (TPSA) is 81.5 Å². The molecule has 6 nitrogen and oxygen atoms in total. The van der Waals surface area contributed by atoms with Crippen LogP contribution in [0.15, 0.2) is 36.4 Å². The second-order valence-corrected chi connectivity index (χ2v) is 4.42. The first kappa shape index (κ1) is 14.8. The zero-order valence-corrected chi connectivity index (χ0v) is 11.7. The molecule has 21 heavy (non-hydrogen) atoms. The third-order valence-electron chi connectivity index (χ3n) is 3.03. The summed E-state index contributed by atoms with van der Waals surface area (Å²) in [5, 5.41) is 15.6. The molecule has 110 valence electrons. The third-order valence-corrected chi connectivity index (χ3v) is 3.03. The van der Waals surface area contributed by atoms with Crippen molar-refractivity contribution in [3.05, 3.63) is 46.5 Å². The van der Waals surface area contributed by atoms with Crippen LogP contribution >= 0.6 is 0 Å². The number of esters is 1. The number of hydrogen-bond acceptors (Lipinski definition) is 5. The largest absolute Gasteiger partial charge is 0.466 e. The molecule has 0 radical (unpaired) electrons. The van der Waals surface area contributed by atoms with Gasteiger partial charge in [0.15, 0.2) is 0 Å². The molecule has 0 heterocycles. The highest BCUT2D eigenvalue weighted by Crippen LogP contribution is 2.33. The molecule has 0 amide bonds. The van der Waals surface area contributed by atoms with Gasteiger partial charge in [-0.25, -0.2) is 0 Å². The first-order chi connectivity index (χ1) is 10.1. The van der Waals surface area contributed by atoms with E-state index in [1.165, 1.54) is 0 Å². The average molecular weight is 288 g/mol. The smallest absolute Gasteiger partial charge is 0.307 e. The van der Waals surface area contributed by atoms with Crippen LogP contribution in [0.25, 0.3) is 10.8 Å². The quantitative estimate of drug-likeness (QED) is 0.501. The summed E-state index contributed by atoms with van der Waals surface area (Å²) in [4.78, 5) is 22.2. The zero-order valence-electron chi connectivity index (χ0n) is 11.7. The Balaban J connectivity index is 2.21. The van der Waals surface area contributed by atoms with Gasteiger partial charge in [0.25, 0.3) is 5.69 Å². The average Bonchev–Trinajstić information content (AvgIpc) is 2.46. The van der Waals surface area contributed by atoms with Crippen molar-refractivity contribution < 1.29 is 14.5 Å². The van der Waals surface area contributed by atoms with E-state index >= 15 is 0 Å². The van der Waals surface area contributed by atoms with Crippen LogP contribution in [0.3, 0.4) is 0 Å². The van der Waals surface area contributed by atoms with Crippen LogP contribution in [-0.2, 0) is 9.53 Å². The number of nitrogens with one attached hydrogen (secondary N) is 1. The standard InChI is InChI=1S/C15H16N2O4/c1-2-21-14(18)9-10-16-13-8-7-11-5-3-4-6-12(11)15(13)17(19)20/h3-8,16H,2,9-10H2,1H3. The van der Waals surface area contributed by atoms with Gasteiger partial charge in [-0.15, -0.1) is 0 Å². The summed E-state index contributed by atoms with van der Waals surface area (Å²) < 4.78 is 4.81. The van der Waals surface area contributed by atoms with Gasteiger partial charge >= 0.3 is 5.97 Å². The van der Waals surface area contributed by atoms with Crippen molar-refractivity contribution in [2.24, 2.45) is 0 Å². The highest BCUT2D eigenvalue weighted by atomic mass is 16.6. The van der Waals surface area contributed by atoms with Gasteiger partial charge in [-0.3, -0.25) is 14.9 Å². The predicted octanol–water partition coefficient (Wildman–Crippen LogP) is 3.11. The fourth-order valence-electron chi connectivity index (χ4n) is 2.13. The normalized spacial score (nSPS) is 10.3. The van der Waals surface area contributed by atoms with Crippen molar-refractivity contribution in [1.82, 2.24) is 0 Å². The number of carbonyl (C=O) groups is 1. The van der Waals surface area contributed by atoms with E-state index < -0.39 is 4.92 Å². The number of benzene rings is 2. The number of anilines is 1. The Morgan fingerprint density at radius 3 is 2.76 bits per heavy atom. The number of fused-ring (bicyclic) bond motifs is 1. The van der Waals surface area contributed by atoms with Crippen LogP contribution in [-0.4, -0.2) is 24.0 Å². The van der Waals surface area contributed by atoms with E-state index in [-0.39, 0.29) is 24.6 Å². The van der Waals surface area contributed by atoms with Crippen molar-refractivity contribution in [2.45, 2.75) is 13.3 Å². The van der Waals surface area contributed by atoms with Crippen molar-refractivity contribution >= 4 is 28.1 Å². The number of nitrogens with zero attached hydrogens (tertiary/aromatic N) is 1. The van der Waals surface area contributed by atoms with E-state index in [4.69, 9.17) is 4.74 Å². The Bertz CT molecular complexity index is 670. The molecule has 0 aliphatic rings. The van der Waals surface area contributed by atoms with Gasteiger partial charge in [0.1, 0.15) is 5.69 Å². The Hall–Kier alpha value is -2.63. The molecule has 0 aliphatic heterocycles. The van der Waals surface area contributed by atoms with E-state index in [9.17, 15) is 14.9 Å². The molecule has 1 N–H and O–H groups in total. The minimum Gasteiger partial charge on any atom is -0.466 e. The molecular weight excluding hydrogens is 272 g/mol. The van der Waals surface area contributed by atoms with Crippen LogP contribution in [0.5, 0.6) is 0 Å². The predicted molar refractivity (Wildman–Crippen MR) is 80.3 cm³/mol. The molecule has 0 aliphatic carbocycles. The first-order valence-electron chi connectivity index (χ1n) is 6.69. The highest BCUT2D eigenvalue weighted by Gasteiger charge is 2.18. The number of ether oxygens (including phenoxy) is 1. The lowest BCUT2D eigenvalue weighted by Crippen LogP contribution is -2.12. The molecular formula is C15H16N2O4. The number of nitro benzene ring substituents is 1. The summed E-state index contributed by atoms with van der Waals surface area (Å²) >= 11 is 0. The summed E-state index contributed by atoms with van der Waals surface area (Å²) in [5.41, 5.74) is 0.431. The lowest BCUT2D eigenvalue weighted by Gasteiger charge is -2.09. The van der Waals surface area contributed by atoms with Gasteiger partial charge in [0.2, 0.25) is 0 Å². The fourth-order valence-corrected chi connectivity index (χ4v) is 2.13. The maximum Gasteiger partial charge on any atom is 0.307 e. The first-order valence-corrected chi connectivity index (χ1v) is 6.69. The monoisotopic (exact) mass is 288 g/mol. The minimum absolute atomic E-state index is 0.0250. The molecule has 0 unspecified atom stereocenters. The van der Waals surface area contributed by atoms with Gasteiger partial charge in [0, 0.05) is 6.54 Å². The molecule has 2 aromatic rings. The lowest BCUT2D eigenvalue weighted by molar-refractivity contribution is -0.382. The van der Waals surface area contributed by atoms with Crippen molar-refractivity contribution in [3.8, 4) is 0 Å². The van der Waals surface area contributed by atoms with Crippen molar-refractivity contribution in [2.75, 3.05) is 18.5 Å². The van der Waals surface area contributed by atoms with Crippen molar-refractivity contribution in [3.63, 3.8) is 0 Å². The summed E-state index contributed by atoms with van der Waals surface area (Å²) in [7, 11) is 0. The van der Waals surface area contributed by atoms with E-state index in [1.807, 2.05) is 18.2 Å². The Morgan fingerprint density at radius 2 is 2.05 bits per heavy atom. The van der Waals surface area contributed by atoms with Crippen LogP contribution in [0.2, 0.25) is 0 Å². The number of rotatable bonds is 6. The molecule has 0 atom stereocenters. The number of hydrogen-bond donors (Lipinski definition) is 1. The van der Waals surface area contributed by atoms with Crippen LogP contribution in [0.1, 0.15) is 13.3 Å². The fraction of sp³-hybridized carbons (Fsp3) is 0.267. The molecule has 2 aromatic carbocycles. The summed E-state index contributed by atoms with van der Waals surface area (Å²) in [6.07, 6.45) is 0.165. The maximum atomic E-state index is 11.3. The maximum absolute atomic E-state index is 11.3. The van der Waals surface area contributed by atoms with E-state index in [0.717, 1.165) is 5.39 Å². The highest BCUT2D eigenvalue weighted by molar-refractivity contribution is 5.96. The van der Waals surface area contributed by atoms with Crippen LogP contribution in [0, 0.1) is 10.1 Å². The van der Waals surface area contributed by atoms with Gasteiger partial charge in [0.05, 0.1) is 23.3 Å². The molecule has 0 saturated heterocycles. The number of nitro groups is 1. The second-order valence-electron chi connectivity index (χ2n) is 4.42. The molecule has 0 bridgehead atoms. The Morgan fingerprint density at radius 1 is 1.29 bits per heavy atom. The molecule has 0 aromatic heterocycles. The molecule has 0 fully saturated rings. The molecule has 6 heteroatoms. The van der Waals surface area contributed by atoms with Crippen molar-refractivity contribution in [1.29, 1.82) is 0 Å². The van der Waals surface area contributed by atoms with Crippen LogP contribution < -0.4 is 5.32 Å². The lowest BCUT2D eigenvalue weighted by atomic mass is 10.1. The summed E-state index contributed by atoms with van der Waals surface area (Å²) in [6, 6.07) is 10.6. The van der Waals surface area contributed by atoms with E-state index in [1.54, 1.807) is 25.1 Å². The molecule has 0 spiro atoms. The Labute approximate surface area is 121 Å². The molecule has 2 rings (SSSR count). The zero-order chi connectivity index (χ0) is 15.2. The number of carbonyl (C=O) groups excluding carboxylic acids is 1. The van der Waals surface area contributed by atoms with Gasteiger partial charge in [-0.05, 0) is 24.4 Å². The summed E-state index contributed by atoms with van der Waals surface area (Å²) in [6.45, 7) is 2.35. The minimum atomic E-state index is -0.408. The van der Waals surface area contributed by atoms with E-state index in [0.29, 0.717) is 17.7 Å². The van der Waals surface area contributed by atoms with Gasteiger partial charge in [-0.1, -0.05) is 24.3 Å². The van der Waals surface area contributed by atoms with E-state index in [2.05, 4.69) is 5.32 Å². The SMILES string of the molecule is CCOC(=O)CCNc1ccc2ccccc2c1[N+](=O)[O-]. The van der Waals surface area contributed by atoms with Gasteiger partial charge in [-0.2, -0.15) is 0 Å². The molecule has 0 saturated carbocycles. The summed E-state index contributed by atoms with van der Waals surface area (Å²) in [5.74, 6) is -0.326. The van der Waals surface area contributed by atoms with Crippen LogP contribution in [0.4, 0.5) is 11.4 Å². The third kappa shape index (κ3) is 3.47.